The van der Waals surface area contributed by atoms with Crippen molar-refractivity contribution in [2.45, 2.75) is 46.5 Å². The lowest BCUT2D eigenvalue weighted by molar-refractivity contribution is -0.138. The van der Waals surface area contributed by atoms with Crippen LogP contribution in [-0.2, 0) is 14.4 Å². The number of carbonyl (C=O) groups excluding carboxylic acids is 3. The number of Topliss-reactive ketones (excluding diaryl/α,β-unsaturated/α-hetero) is 3. The molecular weight excluding hydrogens is 216 g/mol. The molecule has 3 heteroatoms. The molecule has 92 valence electrons. The molecular formula is C14H18O3. The van der Waals surface area contributed by atoms with E-state index in [-0.39, 0.29) is 23.3 Å². The van der Waals surface area contributed by atoms with Crippen molar-refractivity contribution >= 4 is 17.3 Å². The summed E-state index contributed by atoms with van der Waals surface area (Å²) in [6.07, 6.45) is 2.25. The molecule has 0 N–H and O–H groups in total. The minimum Gasteiger partial charge on any atom is -0.299 e. The van der Waals surface area contributed by atoms with Gasteiger partial charge in [-0.1, -0.05) is 12.5 Å². The van der Waals surface area contributed by atoms with Gasteiger partial charge in [-0.2, -0.15) is 0 Å². The fourth-order valence-electron chi connectivity index (χ4n) is 3.37. The average molecular weight is 234 g/mol. The quantitative estimate of drug-likeness (QED) is 0.704. The van der Waals surface area contributed by atoms with Crippen molar-refractivity contribution in [1.29, 1.82) is 0 Å². The lowest BCUT2D eigenvalue weighted by Crippen LogP contribution is -2.34. The van der Waals surface area contributed by atoms with Crippen molar-refractivity contribution in [2.24, 2.45) is 11.3 Å². The standard InChI is InChI=1S/C14H18O3/c1-4-11-12-7-14(8(2)15,9(3)16)6-10(12)5-13(11)17/h10H,4-7H2,1-3H3. The molecule has 0 radical (unpaired) electrons. The number of fused-ring (bicyclic) bond motifs is 1. The molecule has 0 aliphatic heterocycles. The van der Waals surface area contributed by atoms with E-state index in [0.717, 1.165) is 17.6 Å². The lowest BCUT2D eigenvalue weighted by Gasteiger charge is -2.22. The second kappa shape index (κ2) is 3.90. The maximum atomic E-state index is 11.8. The third-order valence-corrected chi connectivity index (χ3v) is 4.44. The second-order valence-electron chi connectivity index (χ2n) is 5.26. The minimum absolute atomic E-state index is 0.0465. The molecule has 0 amide bonds. The first kappa shape index (κ1) is 12.2. The van der Waals surface area contributed by atoms with E-state index >= 15 is 0 Å². The van der Waals surface area contributed by atoms with Crippen LogP contribution in [0.1, 0.15) is 46.5 Å². The highest BCUT2D eigenvalue weighted by molar-refractivity contribution is 6.07. The van der Waals surface area contributed by atoms with Crippen LogP contribution in [0.25, 0.3) is 0 Å². The molecule has 17 heavy (non-hydrogen) atoms. The van der Waals surface area contributed by atoms with E-state index in [2.05, 4.69) is 0 Å². The fraction of sp³-hybridized carbons (Fsp3) is 0.643. The summed E-state index contributed by atoms with van der Waals surface area (Å²) in [5, 5.41) is 0. The van der Waals surface area contributed by atoms with Crippen LogP contribution < -0.4 is 0 Å². The average Bonchev–Trinajstić information content (AvgIpc) is 2.71. The van der Waals surface area contributed by atoms with Gasteiger partial charge in [-0.05, 0) is 44.6 Å². The number of rotatable bonds is 3. The van der Waals surface area contributed by atoms with Crippen molar-refractivity contribution in [3.63, 3.8) is 0 Å². The maximum Gasteiger partial charge on any atom is 0.159 e. The Balaban J connectivity index is 2.43. The molecule has 2 aliphatic carbocycles. The molecule has 0 aromatic carbocycles. The third-order valence-electron chi connectivity index (χ3n) is 4.44. The number of hydrogen-bond donors (Lipinski definition) is 0. The van der Waals surface area contributed by atoms with Crippen molar-refractivity contribution in [2.75, 3.05) is 0 Å². The van der Waals surface area contributed by atoms with Crippen LogP contribution in [0.4, 0.5) is 0 Å². The van der Waals surface area contributed by atoms with E-state index in [0.29, 0.717) is 19.3 Å². The minimum atomic E-state index is -0.832. The van der Waals surface area contributed by atoms with E-state index in [4.69, 9.17) is 0 Å². The number of allylic oxidation sites excluding steroid dienone is 2. The third kappa shape index (κ3) is 1.60. The van der Waals surface area contributed by atoms with E-state index in [1.807, 2.05) is 6.92 Å². The Morgan fingerprint density at radius 2 is 1.88 bits per heavy atom. The molecule has 0 heterocycles. The van der Waals surface area contributed by atoms with Gasteiger partial charge in [0, 0.05) is 6.42 Å². The highest BCUT2D eigenvalue weighted by Gasteiger charge is 2.52. The molecule has 2 aliphatic rings. The normalized spacial score (nSPS) is 26.3. The van der Waals surface area contributed by atoms with E-state index in [1.54, 1.807) is 0 Å². The van der Waals surface area contributed by atoms with Gasteiger partial charge >= 0.3 is 0 Å². The van der Waals surface area contributed by atoms with Crippen LogP contribution in [0.15, 0.2) is 11.1 Å². The number of hydrogen-bond acceptors (Lipinski definition) is 3. The molecule has 0 aromatic rings. The summed E-state index contributed by atoms with van der Waals surface area (Å²) in [4.78, 5) is 35.3. The van der Waals surface area contributed by atoms with Crippen molar-refractivity contribution in [1.82, 2.24) is 0 Å². The van der Waals surface area contributed by atoms with Crippen LogP contribution in [0.5, 0.6) is 0 Å². The van der Waals surface area contributed by atoms with Gasteiger partial charge in [-0.3, -0.25) is 14.4 Å². The highest BCUT2D eigenvalue weighted by Crippen LogP contribution is 2.52. The zero-order chi connectivity index (χ0) is 12.8. The molecule has 1 fully saturated rings. The lowest BCUT2D eigenvalue weighted by atomic mass is 9.77. The Morgan fingerprint density at radius 1 is 1.29 bits per heavy atom. The SMILES string of the molecule is CCC1=C2CC(C(C)=O)(C(C)=O)CC2CC1=O. The van der Waals surface area contributed by atoms with Crippen molar-refractivity contribution in [3.8, 4) is 0 Å². The molecule has 0 saturated heterocycles. The van der Waals surface area contributed by atoms with Crippen LogP contribution in [0.3, 0.4) is 0 Å². The Labute approximate surface area is 101 Å². The second-order valence-corrected chi connectivity index (χ2v) is 5.26. The van der Waals surface area contributed by atoms with Crippen LogP contribution >= 0.6 is 0 Å². The van der Waals surface area contributed by atoms with Gasteiger partial charge in [-0.15, -0.1) is 0 Å². The van der Waals surface area contributed by atoms with Crippen molar-refractivity contribution in [3.05, 3.63) is 11.1 Å². The molecule has 0 bridgehead atoms. The molecule has 1 atom stereocenters. The summed E-state index contributed by atoms with van der Waals surface area (Å²) in [5.41, 5.74) is 1.13. The van der Waals surface area contributed by atoms with E-state index in [1.165, 1.54) is 13.8 Å². The summed E-state index contributed by atoms with van der Waals surface area (Å²) >= 11 is 0. The molecule has 0 spiro atoms. The first-order chi connectivity index (χ1) is 7.92. The van der Waals surface area contributed by atoms with Crippen LogP contribution in [-0.4, -0.2) is 17.3 Å². The van der Waals surface area contributed by atoms with Crippen molar-refractivity contribution < 1.29 is 14.4 Å². The van der Waals surface area contributed by atoms with Crippen LogP contribution in [0, 0.1) is 11.3 Å². The summed E-state index contributed by atoms with van der Waals surface area (Å²) in [6.45, 7) is 4.96. The van der Waals surface area contributed by atoms with Gasteiger partial charge < -0.3 is 0 Å². The van der Waals surface area contributed by atoms with Gasteiger partial charge in [0.1, 0.15) is 11.6 Å². The largest absolute Gasteiger partial charge is 0.299 e. The topological polar surface area (TPSA) is 51.2 Å². The Morgan fingerprint density at radius 3 is 2.35 bits per heavy atom. The first-order valence-electron chi connectivity index (χ1n) is 6.19. The molecule has 3 nitrogen and oxygen atoms in total. The first-order valence-corrected chi connectivity index (χ1v) is 6.19. The number of ketones is 3. The zero-order valence-electron chi connectivity index (χ0n) is 10.6. The fourth-order valence-corrected chi connectivity index (χ4v) is 3.37. The highest BCUT2D eigenvalue weighted by atomic mass is 16.2. The van der Waals surface area contributed by atoms with Gasteiger partial charge in [0.05, 0.1) is 5.41 Å². The smallest absolute Gasteiger partial charge is 0.159 e. The van der Waals surface area contributed by atoms with Gasteiger partial charge in [0.15, 0.2) is 5.78 Å². The predicted octanol–water partition coefficient (Wildman–Crippen LogP) is 2.24. The Bertz CT molecular complexity index is 428. The molecule has 1 saturated carbocycles. The number of carbonyl (C=O) groups is 3. The summed E-state index contributed by atoms with van der Waals surface area (Å²) < 4.78 is 0. The summed E-state index contributed by atoms with van der Waals surface area (Å²) in [7, 11) is 0. The van der Waals surface area contributed by atoms with Gasteiger partial charge in [0.25, 0.3) is 0 Å². The molecule has 2 rings (SSSR count). The molecule has 1 unspecified atom stereocenters. The predicted molar refractivity (Wildman–Crippen MR) is 63.5 cm³/mol. The van der Waals surface area contributed by atoms with E-state index < -0.39 is 5.41 Å². The maximum absolute atomic E-state index is 11.8. The Kier molecular flexibility index (Phi) is 2.80. The van der Waals surface area contributed by atoms with Gasteiger partial charge in [-0.25, -0.2) is 0 Å². The summed E-state index contributed by atoms with van der Waals surface area (Å²) in [5.74, 6) is 0.267. The zero-order valence-corrected chi connectivity index (χ0v) is 10.6. The van der Waals surface area contributed by atoms with Gasteiger partial charge in [0.2, 0.25) is 0 Å². The summed E-state index contributed by atoms with van der Waals surface area (Å²) in [6, 6.07) is 0. The monoisotopic (exact) mass is 234 g/mol. The molecule has 0 aromatic heterocycles. The van der Waals surface area contributed by atoms with Crippen LogP contribution in [0.2, 0.25) is 0 Å². The Hall–Kier alpha value is -1.25. The van der Waals surface area contributed by atoms with E-state index in [9.17, 15) is 14.4 Å².